The Morgan fingerprint density at radius 3 is 1.00 bits per heavy atom. The zero-order valence-corrected chi connectivity index (χ0v) is 6.91. The molecule has 0 atom stereocenters. The summed E-state index contributed by atoms with van der Waals surface area (Å²) in [6.07, 6.45) is 0. The maximum absolute atomic E-state index is 8.40. The summed E-state index contributed by atoms with van der Waals surface area (Å²) in [5.41, 5.74) is 0. The Morgan fingerprint density at radius 1 is 1.00 bits per heavy atom. The molecule has 8 heteroatoms. The van der Waals surface area contributed by atoms with Gasteiger partial charge < -0.3 is 11.0 Å². The molecule has 0 aliphatic heterocycles. The molecular weight excluding hydrogens is 215 g/mol. The van der Waals surface area contributed by atoms with Gasteiger partial charge >= 0.3 is 50.3 Å². The van der Waals surface area contributed by atoms with E-state index in [-0.39, 0.29) is 32.7 Å². The van der Waals surface area contributed by atoms with Crippen molar-refractivity contribution >= 4 is 9.29 Å². The molecular formula is NiO5SiTi. The fourth-order valence-corrected chi connectivity index (χ4v) is 0. The number of hydrogen-bond donors (Lipinski definition) is 0. The molecule has 0 aliphatic carbocycles. The van der Waals surface area contributed by atoms with Crippen LogP contribution in [0.4, 0.5) is 0 Å². The molecule has 0 unspecified atom stereocenters. The SMILES string of the molecule is O=[Si]=O.[O-2].[O-2].[O]=[Ni].[Ti+4]. The van der Waals surface area contributed by atoms with Gasteiger partial charge in [-0.05, 0) is 0 Å². The molecule has 0 rings (SSSR count). The fraction of sp³-hybridized carbons (Fsp3) is 0. The van der Waals surface area contributed by atoms with Crippen LogP contribution in [-0.4, -0.2) is 9.29 Å². The minimum atomic E-state index is -1.42. The van der Waals surface area contributed by atoms with E-state index < -0.39 is 9.29 Å². The zero-order valence-electron chi connectivity index (χ0n) is 3.36. The van der Waals surface area contributed by atoms with Crippen LogP contribution in [-0.2, 0) is 60.9 Å². The first kappa shape index (κ1) is 37.4. The number of hydrogen-bond acceptors (Lipinski definition) is 3. The number of rotatable bonds is 0. The average molecular weight is 215 g/mol. The van der Waals surface area contributed by atoms with E-state index >= 15 is 0 Å². The minimum Gasteiger partial charge on any atom is 4.00 e. The molecule has 0 heterocycles. The average Bonchev–Trinajstić information content (AvgIpc) is 1.46. The molecule has 0 aliphatic rings. The summed E-state index contributed by atoms with van der Waals surface area (Å²) in [7, 11) is -1.42. The molecule has 0 N–H and O–H groups in total. The Morgan fingerprint density at radius 2 is 1.00 bits per heavy atom. The maximum atomic E-state index is 8.40. The fourth-order valence-electron chi connectivity index (χ4n) is 0. The molecule has 48 valence electrons. The van der Waals surface area contributed by atoms with Crippen molar-refractivity contribution in [1.29, 1.82) is 0 Å². The molecule has 0 aromatic heterocycles. The molecule has 0 bridgehead atoms. The molecule has 0 aromatic rings. The molecule has 0 fully saturated rings. The van der Waals surface area contributed by atoms with E-state index in [9.17, 15) is 0 Å². The van der Waals surface area contributed by atoms with Crippen LogP contribution < -0.4 is 0 Å². The van der Waals surface area contributed by atoms with Crippen molar-refractivity contribution in [2.24, 2.45) is 0 Å². The van der Waals surface area contributed by atoms with Crippen molar-refractivity contribution in [2.45, 2.75) is 0 Å². The molecule has 0 aromatic carbocycles. The molecule has 0 amide bonds. The van der Waals surface area contributed by atoms with Gasteiger partial charge in [-0.1, -0.05) is 0 Å². The normalized spacial score (nSPS) is 1.75. The van der Waals surface area contributed by atoms with Crippen LogP contribution in [0.25, 0.3) is 0 Å². The van der Waals surface area contributed by atoms with Crippen molar-refractivity contribution < 1.29 is 60.9 Å². The minimum absolute atomic E-state index is 0. The van der Waals surface area contributed by atoms with Gasteiger partial charge in [0, 0.05) is 0 Å². The van der Waals surface area contributed by atoms with Gasteiger partial charge in [0.25, 0.3) is 0 Å². The van der Waals surface area contributed by atoms with E-state index in [4.69, 9.17) is 12.8 Å². The Bertz CT molecular complexity index is 41.7. The molecule has 0 saturated heterocycles. The van der Waals surface area contributed by atoms with Crippen LogP contribution in [0.1, 0.15) is 0 Å². The molecule has 8 heavy (non-hydrogen) atoms. The van der Waals surface area contributed by atoms with Gasteiger partial charge in [-0.15, -0.1) is 0 Å². The van der Waals surface area contributed by atoms with Crippen LogP contribution in [0, 0.1) is 0 Å². The largest absolute Gasteiger partial charge is 4.00 e. The standard InChI is InChI=1S/Ni.O2Si.3O.Ti/c;1-3-2;;;;/q;;;2*-2;+4. The van der Waals surface area contributed by atoms with Gasteiger partial charge in [0.2, 0.25) is 0 Å². The van der Waals surface area contributed by atoms with E-state index in [0.29, 0.717) is 0 Å². The zero-order chi connectivity index (χ0) is 4.71. The van der Waals surface area contributed by atoms with E-state index in [1.54, 1.807) is 0 Å². The van der Waals surface area contributed by atoms with Crippen LogP contribution >= 0.6 is 0 Å². The molecule has 0 radical (unpaired) electrons. The van der Waals surface area contributed by atoms with Gasteiger partial charge in [-0.3, -0.25) is 8.92 Å². The summed E-state index contributed by atoms with van der Waals surface area (Å²) in [5.74, 6) is 0. The van der Waals surface area contributed by atoms with E-state index in [0.717, 1.165) is 0 Å². The Hall–Kier alpha value is 0.745. The van der Waals surface area contributed by atoms with E-state index in [1.165, 1.54) is 0 Å². The van der Waals surface area contributed by atoms with Gasteiger partial charge in [0.15, 0.2) is 0 Å². The van der Waals surface area contributed by atoms with Gasteiger partial charge in [0.05, 0.1) is 0 Å². The summed E-state index contributed by atoms with van der Waals surface area (Å²) in [4.78, 5) is 0. The van der Waals surface area contributed by atoms with Gasteiger partial charge in [-0.25, -0.2) is 0 Å². The Labute approximate surface area is 70.2 Å². The molecule has 5 nitrogen and oxygen atoms in total. The van der Waals surface area contributed by atoms with Crippen LogP contribution in [0.2, 0.25) is 0 Å². The second-order valence-electron chi connectivity index (χ2n) is 0.0833. The van der Waals surface area contributed by atoms with Gasteiger partial charge in [0.1, 0.15) is 0 Å². The van der Waals surface area contributed by atoms with Crippen LogP contribution in [0.15, 0.2) is 0 Å². The summed E-state index contributed by atoms with van der Waals surface area (Å²) < 4.78 is 24.7. The first-order valence-corrected chi connectivity index (χ1v) is 1.76. The van der Waals surface area contributed by atoms with Crippen LogP contribution in [0.3, 0.4) is 0 Å². The van der Waals surface area contributed by atoms with E-state index in [1.807, 2.05) is 0 Å². The third-order valence-electron chi connectivity index (χ3n) is 0. The van der Waals surface area contributed by atoms with Crippen molar-refractivity contribution in [3.63, 3.8) is 0 Å². The first-order chi connectivity index (χ1) is 2.41. The Kier molecular flexibility index (Phi) is 541. The Balaban J connectivity index is -0.00000000567. The second kappa shape index (κ2) is 116. The summed E-state index contributed by atoms with van der Waals surface area (Å²) >= 11 is 2.62. The predicted molar refractivity (Wildman–Crippen MR) is 9.19 cm³/mol. The van der Waals surface area contributed by atoms with Crippen molar-refractivity contribution in [3.05, 3.63) is 0 Å². The molecule has 0 spiro atoms. The summed E-state index contributed by atoms with van der Waals surface area (Å²) in [6.45, 7) is 0. The van der Waals surface area contributed by atoms with Crippen molar-refractivity contribution in [2.75, 3.05) is 0 Å². The van der Waals surface area contributed by atoms with E-state index in [2.05, 4.69) is 15.4 Å². The monoisotopic (exact) mass is 214 g/mol. The van der Waals surface area contributed by atoms with Crippen LogP contribution in [0.5, 0.6) is 0 Å². The predicted octanol–water partition coefficient (Wildman–Crippen LogP) is -0.980. The third-order valence-corrected chi connectivity index (χ3v) is 0. The second-order valence-corrected chi connectivity index (χ2v) is 0.250. The topological polar surface area (TPSA) is 108 Å². The smallest absolute Gasteiger partial charge is 4.00 e. The quantitative estimate of drug-likeness (QED) is 0.484. The van der Waals surface area contributed by atoms with Gasteiger partial charge in [-0.2, -0.15) is 0 Å². The van der Waals surface area contributed by atoms with Crippen molar-refractivity contribution in [3.8, 4) is 0 Å². The summed E-state index contributed by atoms with van der Waals surface area (Å²) in [6, 6.07) is 0. The maximum Gasteiger partial charge on any atom is 4.00 e. The summed E-state index contributed by atoms with van der Waals surface area (Å²) in [5, 5.41) is 0. The molecule has 0 saturated carbocycles. The van der Waals surface area contributed by atoms with Crippen molar-refractivity contribution in [1.82, 2.24) is 0 Å². The third kappa shape index (κ3) is 401. The first-order valence-electron chi connectivity index (χ1n) is 0.537.